The van der Waals surface area contributed by atoms with Crippen molar-refractivity contribution in [1.82, 2.24) is 20.5 Å². The van der Waals surface area contributed by atoms with E-state index in [0.29, 0.717) is 0 Å². The third kappa shape index (κ3) is 2.69. The Bertz CT molecular complexity index is 323. The lowest BCUT2D eigenvalue weighted by Gasteiger charge is -2.21. The molecule has 1 aliphatic rings. The summed E-state index contributed by atoms with van der Waals surface area (Å²) in [6, 6.07) is 0. The lowest BCUT2D eigenvalue weighted by Crippen LogP contribution is -2.37. The highest BCUT2D eigenvalue weighted by atomic mass is 16.2. The van der Waals surface area contributed by atoms with Crippen LogP contribution in [0.3, 0.4) is 0 Å². The van der Waals surface area contributed by atoms with Crippen molar-refractivity contribution in [3.8, 4) is 0 Å². The second-order valence-electron chi connectivity index (χ2n) is 3.50. The molecule has 1 aromatic rings. The molecule has 2 heterocycles. The van der Waals surface area contributed by atoms with E-state index in [9.17, 15) is 4.79 Å². The molecule has 1 fully saturated rings. The van der Waals surface area contributed by atoms with Gasteiger partial charge in [-0.05, 0) is 19.4 Å². The SMILES string of the molecule is O=C(Nc1nccnn1)C1CCCNC1. The van der Waals surface area contributed by atoms with Crippen LogP contribution in [0.5, 0.6) is 0 Å². The lowest BCUT2D eigenvalue weighted by atomic mass is 9.99. The van der Waals surface area contributed by atoms with Gasteiger partial charge < -0.3 is 5.32 Å². The van der Waals surface area contributed by atoms with E-state index < -0.39 is 0 Å². The molecular weight excluding hydrogens is 194 g/mol. The number of nitrogens with one attached hydrogen (secondary N) is 2. The van der Waals surface area contributed by atoms with Gasteiger partial charge in [0.1, 0.15) is 0 Å². The van der Waals surface area contributed by atoms with E-state index in [2.05, 4.69) is 25.8 Å². The molecule has 1 unspecified atom stereocenters. The van der Waals surface area contributed by atoms with Crippen LogP contribution in [0, 0.1) is 5.92 Å². The minimum atomic E-state index is -0.0322. The third-order valence-electron chi connectivity index (χ3n) is 2.39. The van der Waals surface area contributed by atoms with Gasteiger partial charge in [0, 0.05) is 6.54 Å². The lowest BCUT2D eigenvalue weighted by molar-refractivity contribution is -0.120. The molecule has 0 spiro atoms. The van der Waals surface area contributed by atoms with Crippen LogP contribution in [-0.4, -0.2) is 34.2 Å². The van der Waals surface area contributed by atoms with E-state index in [1.165, 1.54) is 12.4 Å². The maximum absolute atomic E-state index is 11.7. The smallest absolute Gasteiger partial charge is 0.249 e. The van der Waals surface area contributed by atoms with Gasteiger partial charge in [0.2, 0.25) is 11.9 Å². The van der Waals surface area contributed by atoms with Crippen LogP contribution < -0.4 is 10.6 Å². The van der Waals surface area contributed by atoms with Crippen molar-refractivity contribution in [1.29, 1.82) is 0 Å². The Kier molecular flexibility index (Phi) is 3.18. The number of carbonyl (C=O) groups is 1. The minimum Gasteiger partial charge on any atom is -0.316 e. The second kappa shape index (κ2) is 4.79. The van der Waals surface area contributed by atoms with E-state index >= 15 is 0 Å². The zero-order valence-corrected chi connectivity index (χ0v) is 8.31. The van der Waals surface area contributed by atoms with Crippen LogP contribution in [0.2, 0.25) is 0 Å². The van der Waals surface area contributed by atoms with E-state index in [4.69, 9.17) is 0 Å². The first kappa shape index (κ1) is 9.97. The number of hydrogen-bond donors (Lipinski definition) is 2. The molecule has 2 rings (SSSR count). The van der Waals surface area contributed by atoms with Crippen LogP contribution in [0.1, 0.15) is 12.8 Å². The summed E-state index contributed by atoms with van der Waals surface area (Å²) in [5.41, 5.74) is 0. The highest BCUT2D eigenvalue weighted by molar-refractivity contribution is 5.91. The van der Waals surface area contributed by atoms with Crippen molar-refractivity contribution >= 4 is 11.9 Å². The van der Waals surface area contributed by atoms with Crippen molar-refractivity contribution in [2.45, 2.75) is 12.8 Å². The molecule has 1 aromatic heterocycles. The fourth-order valence-electron chi connectivity index (χ4n) is 1.59. The standard InChI is InChI=1S/C9H13N5O/c15-8(7-2-1-3-10-6-7)13-9-11-4-5-12-14-9/h4-5,7,10H,1-3,6H2,(H,11,13,14,15). The molecule has 15 heavy (non-hydrogen) atoms. The van der Waals surface area contributed by atoms with Gasteiger partial charge in [0.15, 0.2) is 0 Å². The van der Waals surface area contributed by atoms with Gasteiger partial charge in [-0.3, -0.25) is 10.1 Å². The van der Waals surface area contributed by atoms with Crippen LogP contribution >= 0.6 is 0 Å². The maximum atomic E-state index is 11.7. The van der Waals surface area contributed by atoms with E-state index in [1.807, 2.05) is 0 Å². The van der Waals surface area contributed by atoms with E-state index in [1.54, 1.807) is 0 Å². The Morgan fingerprint density at radius 1 is 1.53 bits per heavy atom. The van der Waals surface area contributed by atoms with Crippen molar-refractivity contribution in [2.75, 3.05) is 18.4 Å². The highest BCUT2D eigenvalue weighted by Crippen LogP contribution is 2.11. The first-order valence-corrected chi connectivity index (χ1v) is 5.01. The first-order chi connectivity index (χ1) is 7.36. The molecular formula is C9H13N5O. The molecule has 0 bridgehead atoms. The molecule has 1 atom stereocenters. The van der Waals surface area contributed by atoms with Gasteiger partial charge in [-0.1, -0.05) is 0 Å². The number of hydrogen-bond acceptors (Lipinski definition) is 5. The number of piperidine rings is 1. The van der Waals surface area contributed by atoms with Crippen LogP contribution in [0.15, 0.2) is 12.4 Å². The number of nitrogens with zero attached hydrogens (tertiary/aromatic N) is 3. The van der Waals surface area contributed by atoms with Crippen molar-refractivity contribution in [3.63, 3.8) is 0 Å². The van der Waals surface area contributed by atoms with Crippen molar-refractivity contribution in [2.24, 2.45) is 5.92 Å². The minimum absolute atomic E-state index is 0.0163. The fourth-order valence-corrected chi connectivity index (χ4v) is 1.59. The summed E-state index contributed by atoms with van der Waals surface area (Å²) in [7, 11) is 0. The maximum Gasteiger partial charge on any atom is 0.249 e. The van der Waals surface area contributed by atoms with Crippen LogP contribution in [-0.2, 0) is 4.79 Å². The quantitative estimate of drug-likeness (QED) is 0.702. The average molecular weight is 207 g/mol. The monoisotopic (exact) mass is 207 g/mol. The molecule has 1 aliphatic heterocycles. The summed E-state index contributed by atoms with van der Waals surface area (Å²) in [4.78, 5) is 15.6. The number of rotatable bonds is 2. The second-order valence-corrected chi connectivity index (χ2v) is 3.50. The van der Waals surface area contributed by atoms with E-state index in [-0.39, 0.29) is 17.8 Å². The van der Waals surface area contributed by atoms with Gasteiger partial charge in [0.05, 0.1) is 18.3 Å². The van der Waals surface area contributed by atoms with Gasteiger partial charge in [-0.25, -0.2) is 4.98 Å². The van der Waals surface area contributed by atoms with Crippen LogP contribution in [0.4, 0.5) is 5.95 Å². The molecule has 0 aliphatic carbocycles. The molecule has 0 aromatic carbocycles. The molecule has 0 saturated carbocycles. The molecule has 2 N–H and O–H groups in total. The zero-order chi connectivity index (χ0) is 10.5. The van der Waals surface area contributed by atoms with E-state index in [0.717, 1.165) is 25.9 Å². The summed E-state index contributed by atoms with van der Waals surface area (Å²) >= 11 is 0. The summed E-state index contributed by atoms with van der Waals surface area (Å²) < 4.78 is 0. The number of carbonyl (C=O) groups excluding carboxylic acids is 1. The Balaban J connectivity index is 1.91. The average Bonchev–Trinajstić information content (AvgIpc) is 2.31. The Labute approximate surface area is 87.5 Å². The fraction of sp³-hybridized carbons (Fsp3) is 0.556. The normalized spacial score (nSPS) is 20.9. The molecule has 6 nitrogen and oxygen atoms in total. The predicted octanol–water partition coefficient (Wildman–Crippen LogP) is -0.190. The first-order valence-electron chi connectivity index (χ1n) is 5.01. The zero-order valence-electron chi connectivity index (χ0n) is 8.31. The van der Waals surface area contributed by atoms with Crippen molar-refractivity contribution < 1.29 is 4.79 Å². The number of aromatic nitrogens is 3. The molecule has 80 valence electrons. The Morgan fingerprint density at radius 3 is 3.13 bits per heavy atom. The molecule has 1 saturated heterocycles. The summed E-state index contributed by atoms with van der Waals surface area (Å²) in [6.45, 7) is 1.72. The molecule has 1 amide bonds. The summed E-state index contributed by atoms with van der Waals surface area (Å²) in [6.07, 6.45) is 4.92. The number of anilines is 1. The van der Waals surface area contributed by atoms with Gasteiger partial charge in [-0.15, -0.1) is 5.10 Å². The van der Waals surface area contributed by atoms with Gasteiger partial charge in [-0.2, -0.15) is 5.10 Å². The van der Waals surface area contributed by atoms with Crippen molar-refractivity contribution in [3.05, 3.63) is 12.4 Å². The number of amides is 1. The predicted molar refractivity (Wildman–Crippen MR) is 54.1 cm³/mol. The third-order valence-corrected chi connectivity index (χ3v) is 2.39. The molecule has 6 heteroatoms. The Morgan fingerprint density at radius 2 is 2.47 bits per heavy atom. The Hall–Kier alpha value is -1.56. The van der Waals surface area contributed by atoms with Gasteiger partial charge >= 0.3 is 0 Å². The topological polar surface area (TPSA) is 79.8 Å². The molecule has 0 radical (unpaired) electrons. The summed E-state index contributed by atoms with van der Waals surface area (Å²) in [5, 5.41) is 13.2. The van der Waals surface area contributed by atoms with Gasteiger partial charge in [0.25, 0.3) is 0 Å². The summed E-state index contributed by atoms with van der Waals surface area (Å²) in [5.74, 6) is 0.255. The van der Waals surface area contributed by atoms with Crippen LogP contribution in [0.25, 0.3) is 0 Å². The largest absolute Gasteiger partial charge is 0.316 e. The highest BCUT2D eigenvalue weighted by Gasteiger charge is 2.21.